The molecule has 0 aliphatic carbocycles. The predicted octanol–water partition coefficient (Wildman–Crippen LogP) is 22.4. The van der Waals surface area contributed by atoms with Crippen LogP contribution in [0.15, 0.2) is 248 Å². The number of allylic oxidation sites excluding steroid dienone is 2. The van der Waals surface area contributed by atoms with Crippen LogP contribution in [0.25, 0.3) is 32.7 Å². The fourth-order valence-corrected chi connectivity index (χ4v) is 14.1. The Morgan fingerprint density at radius 1 is 0.454 bits per heavy atom. The summed E-state index contributed by atoms with van der Waals surface area (Å²) in [5, 5.41) is 24.8. The lowest BCUT2D eigenvalue weighted by Crippen LogP contribution is -2.18. The van der Waals surface area contributed by atoms with Crippen molar-refractivity contribution >= 4 is 103 Å². The third-order valence-electron chi connectivity index (χ3n) is 17.3. The fourth-order valence-electron chi connectivity index (χ4n) is 12.4. The molecule has 632 valence electrons. The number of aromatic nitrogens is 6. The number of H-pyrrole nitrogens is 2. The van der Waals surface area contributed by atoms with E-state index in [0.29, 0.717) is 82.9 Å². The fraction of sp³-hybridized carbons (Fsp3) is 0.220. The van der Waals surface area contributed by atoms with E-state index in [1.54, 1.807) is 114 Å². The molecule has 1 aliphatic rings. The lowest BCUT2D eigenvalue weighted by atomic mass is 10.0. The van der Waals surface area contributed by atoms with Crippen LogP contribution in [-0.2, 0) is 6.54 Å². The Morgan fingerprint density at radius 2 is 0.815 bits per heavy atom. The molecule has 1 aliphatic heterocycles. The maximum absolute atomic E-state index is 13.8. The molecular weight excluding hydrogens is 1870 g/mol. The molecule has 0 radical (unpaired) electrons. The molecule has 5 unspecified atom stereocenters. The van der Waals surface area contributed by atoms with Gasteiger partial charge in [0.05, 0.1) is 75.9 Å². The number of fused-ring (bicyclic) bond motifs is 5. The second-order valence-corrected chi connectivity index (χ2v) is 28.4. The molecule has 0 saturated heterocycles. The van der Waals surface area contributed by atoms with Gasteiger partial charge in [-0.25, -0.2) is 17.9 Å². The lowest BCUT2D eigenvalue weighted by Gasteiger charge is -2.22. The standard InChI is InChI=1S/C18H14BrF3N2O2.C17H14BrF3N2O3.C17H12BrF3N2O2.C11H11BrF2O.C11H12F2O2.C8H6F2O2/c1-2-5-14(10-6-3-4-7-16(10)26-18(21)22)24-15-9-12(19)13(20)8-11(15)17(25)23-24;18-11-8-14-10(7-12(11)19)16(25)22-23(14)13(5-6-24)9-3-1-2-4-15(9)26-17(20)21;18-11-8-14-10(7-12(11)19)16(24)22-6-5-13(23(14)22)9-3-1-2-4-15(9)25-17(20)21;1-2-5-9(12)8-6-3-4-7-10(8)15-11(13)14;1-2-5-9(14)8-6-3-4-7-10(8)15-11(12)13;9-8(10)12-7-4-2-1-3-6(7)5-11/h2-4,6-9,14,18H,1,5H2,(H,23,25);1-4,7-8,13,17,24H,5-6H2,(H,22,25);1-4,7-8,13,17H,5-6H2;2-4,6-7,9,11H,1,5H2;2-4,6-7,9,11,14H,1,5H2;1-5,8H. The van der Waals surface area contributed by atoms with Crippen molar-refractivity contribution in [2.45, 2.75) is 107 Å². The Kier molecular flexibility index (Phi) is 35.4. The van der Waals surface area contributed by atoms with Gasteiger partial charge in [0.1, 0.15) is 51.9 Å². The number of hydrogen-bond acceptors (Lipinski definition) is 12. The summed E-state index contributed by atoms with van der Waals surface area (Å²) >= 11 is 12.7. The lowest BCUT2D eigenvalue weighted by molar-refractivity contribution is -0.0521. The molecule has 37 heteroatoms. The summed E-state index contributed by atoms with van der Waals surface area (Å²) in [7, 11) is 0. The third kappa shape index (κ3) is 25.0. The van der Waals surface area contributed by atoms with E-state index < -0.39 is 86.4 Å². The van der Waals surface area contributed by atoms with E-state index in [4.69, 9.17) is 0 Å². The molecule has 0 spiro atoms. The van der Waals surface area contributed by atoms with Crippen LogP contribution in [-0.4, -0.2) is 91.7 Å². The highest BCUT2D eigenvalue weighted by atomic mass is 79.9. The van der Waals surface area contributed by atoms with Crippen molar-refractivity contribution in [3.8, 4) is 34.5 Å². The topological polar surface area (TPSA) is 215 Å². The molecule has 3 aromatic heterocycles. The molecule has 4 N–H and O–H groups in total. The summed E-state index contributed by atoms with van der Waals surface area (Å²) in [4.78, 5) is 47.2. The van der Waals surface area contributed by atoms with Gasteiger partial charge < -0.3 is 38.6 Å². The first-order valence-electron chi connectivity index (χ1n) is 35.1. The monoisotopic (exact) mass is 1930 g/mol. The normalized spacial score (nSPS) is 13.2. The Balaban J connectivity index is 0.000000182. The summed E-state index contributed by atoms with van der Waals surface area (Å²) in [6, 6.07) is 43.9. The molecule has 4 heterocycles. The third-order valence-corrected chi connectivity index (χ3v) is 20.0. The number of rotatable bonds is 28. The van der Waals surface area contributed by atoms with Crippen LogP contribution >= 0.6 is 63.7 Å². The number of para-hydroxylation sites is 6. The number of aromatic amines is 2. The highest BCUT2D eigenvalue weighted by Gasteiger charge is 2.32. The number of nitrogens with one attached hydrogen (secondary N) is 2. The molecule has 0 fully saturated rings. The number of alkyl halides is 13. The van der Waals surface area contributed by atoms with Crippen molar-refractivity contribution in [3.63, 3.8) is 0 Å². The van der Waals surface area contributed by atoms with Gasteiger partial charge >= 0.3 is 39.7 Å². The number of nitrogens with zero attached hydrogens (tertiary/aromatic N) is 4. The van der Waals surface area contributed by atoms with Gasteiger partial charge in [0.15, 0.2) is 6.29 Å². The predicted molar refractivity (Wildman–Crippen MR) is 430 cm³/mol. The second kappa shape index (κ2) is 44.9. The second-order valence-electron chi connectivity index (χ2n) is 24.8. The molecule has 18 nitrogen and oxygen atoms in total. The van der Waals surface area contributed by atoms with Gasteiger partial charge in [-0.3, -0.25) is 43.4 Å². The number of carbonyl (C=O) groups excluding carboxylic acids is 1. The molecule has 119 heavy (non-hydrogen) atoms. The summed E-state index contributed by atoms with van der Waals surface area (Å²) in [6.07, 6.45) is 6.41. The van der Waals surface area contributed by atoms with E-state index in [2.05, 4.69) is 122 Å². The van der Waals surface area contributed by atoms with E-state index >= 15 is 0 Å². The zero-order valence-corrected chi connectivity index (χ0v) is 67.8. The van der Waals surface area contributed by atoms with Gasteiger partial charge in [-0.15, -0.1) is 19.7 Å². The van der Waals surface area contributed by atoms with Gasteiger partial charge in [0.2, 0.25) is 0 Å². The molecule has 12 aromatic rings. The quantitative estimate of drug-likeness (QED) is 0.0156. The van der Waals surface area contributed by atoms with Gasteiger partial charge in [0.25, 0.3) is 16.7 Å². The molecule has 0 amide bonds. The number of hydrogen-bond donors (Lipinski definition) is 4. The number of benzene rings is 9. The zero-order chi connectivity index (χ0) is 86.9. The van der Waals surface area contributed by atoms with Crippen LogP contribution in [0, 0.1) is 17.5 Å². The average Bonchev–Trinajstić information content (AvgIpc) is 1.58. The van der Waals surface area contributed by atoms with Crippen molar-refractivity contribution in [1.82, 2.24) is 28.9 Å². The summed E-state index contributed by atoms with van der Waals surface area (Å²) in [6.45, 7) is -6.60. The Labute approximate surface area is 700 Å². The first-order valence-corrected chi connectivity index (χ1v) is 38.4. The van der Waals surface area contributed by atoms with Crippen molar-refractivity contribution < 1.29 is 109 Å². The first kappa shape index (κ1) is 93.8. The minimum Gasteiger partial charge on any atom is -0.435 e. The number of aliphatic hydroxyl groups excluding tert-OH is 2. The summed E-state index contributed by atoms with van der Waals surface area (Å²) in [5.74, 6) is -1.56. The molecule has 9 aromatic carbocycles. The van der Waals surface area contributed by atoms with E-state index in [1.807, 2.05) is 0 Å². The molecular formula is C82H69Br4F15N6O12. The number of ether oxygens (including phenoxy) is 6. The average molecular weight is 1940 g/mol. The van der Waals surface area contributed by atoms with Gasteiger partial charge in [0, 0.05) is 45.8 Å². The summed E-state index contributed by atoms with van der Waals surface area (Å²) in [5.41, 5.74) is 2.59. The molecule has 0 bridgehead atoms. The van der Waals surface area contributed by atoms with E-state index in [9.17, 15) is 95.2 Å². The van der Waals surface area contributed by atoms with E-state index in [1.165, 1.54) is 92.9 Å². The van der Waals surface area contributed by atoms with Crippen LogP contribution in [0.5, 0.6) is 34.5 Å². The van der Waals surface area contributed by atoms with Gasteiger partial charge in [-0.05, 0) is 159 Å². The van der Waals surface area contributed by atoms with Crippen molar-refractivity contribution in [2.24, 2.45) is 0 Å². The SMILES string of the molecule is C=CCC(Br)c1ccccc1OC(F)F.C=CCC(O)c1ccccc1OC(F)F.C=CCC(c1ccccc1OC(F)F)n1[nH]c(=O)c2cc(F)c(Br)cc21.O=Cc1ccccc1OC(F)F.O=c1[nH]n(C(CCO)c2ccccc2OC(F)F)c2cc(Br)c(F)cc12.O=c1c2cc(F)c(Br)cc2n2n1CCC2c1ccccc1OC(F)F. The van der Waals surface area contributed by atoms with Crippen molar-refractivity contribution in [2.75, 3.05) is 6.61 Å². The van der Waals surface area contributed by atoms with Crippen LogP contribution in [0.3, 0.4) is 0 Å². The van der Waals surface area contributed by atoms with Crippen molar-refractivity contribution in [3.05, 3.63) is 315 Å². The van der Waals surface area contributed by atoms with Crippen LogP contribution in [0.1, 0.15) is 99.3 Å². The highest BCUT2D eigenvalue weighted by molar-refractivity contribution is 9.11. The minimum absolute atomic E-state index is 0.00164. The maximum Gasteiger partial charge on any atom is 0.387 e. The van der Waals surface area contributed by atoms with Gasteiger partial charge in [-0.1, -0.05) is 137 Å². The number of carbonyl (C=O) groups is 1. The van der Waals surface area contributed by atoms with Crippen LogP contribution in [0.4, 0.5) is 65.9 Å². The largest absolute Gasteiger partial charge is 0.435 e. The maximum atomic E-state index is 13.8. The Morgan fingerprint density at radius 3 is 1.27 bits per heavy atom. The van der Waals surface area contributed by atoms with Crippen LogP contribution in [0.2, 0.25) is 0 Å². The van der Waals surface area contributed by atoms with E-state index in [-0.39, 0.29) is 99.1 Å². The zero-order valence-electron chi connectivity index (χ0n) is 61.5. The smallest absolute Gasteiger partial charge is 0.387 e. The van der Waals surface area contributed by atoms with E-state index in [0.717, 1.165) is 12.1 Å². The highest BCUT2D eigenvalue weighted by Crippen LogP contribution is 2.41. The minimum atomic E-state index is -3.02. The number of aldehydes is 1. The van der Waals surface area contributed by atoms with Gasteiger partial charge in [-0.2, -0.15) is 52.7 Å². The van der Waals surface area contributed by atoms with Crippen LogP contribution < -0.4 is 45.1 Å². The van der Waals surface area contributed by atoms with Crippen molar-refractivity contribution in [1.29, 1.82) is 0 Å². The Hall–Kier alpha value is -10.7. The number of halogens is 19. The Bertz CT molecular complexity index is 5550. The summed E-state index contributed by atoms with van der Waals surface area (Å²) < 4.78 is 223. The molecule has 0 saturated carbocycles. The first-order chi connectivity index (χ1) is 56.8. The molecule has 13 rings (SSSR count). The number of aliphatic hydroxyl groups is 2. The molecule has 5 atom stereocenters.